The Bertz CT molecular complexity index is 1510. The van der Waals surface area contributed by atoms with Crippen LogP contribution in [0.15, 0.2) is 41.6 Å². The molecule has 0 bridgehead atoms. The molecule has 1 aliphatic heterocycles. The molecular weight excluding hydrogens is 454 g/mol. The number of rotatable bonds is 4. The summed E-state index contributed by atoms with van der Waals surface area (Å²) in [7, 11) is 3.57. The summed E-state index contributed by atoms with van der Waals surface area (Å²) in [6, 6.07) is 3.87. The van der Waals surface area contributed by atoms with Crippen LogP contribution in [-0.2, 0) is 18.8 Å². The lowest BCUT2D eigenvalue weighted by atomic mass is 9.92. The van der Waals surface area contributed by atoms with Crippen LogP contribution in [0.3, 0.4) is 0 Å². The number of hydrogen-bond donors (Lipinski definition) is 0. The Morgan fingerprint density at radius 3 is 2.77 bits per heavy atom. The van der Waals surface area contributed by atoms with Crippen LogP contribution in [-0.4, -0.2) is 31.0 Å². The second-order valence-corrected chi connectivity index (χ2v) is 9.41. The Morgan fingerprint density at radius 2 is 2.00 bits per heavy atom. The Hall–Kier alpha value is -3.53. The van der Waals surface area contributed by atoms with Gasteiger partial charge < -0.3 is 4.74 Å². The molecule has 2 fully saturated rings. The predicted molar refractivity (Wildman–Crippen MR) is 122 cm³/mol. The number of ether oxygens (including phenoxy) is 1. The average molecular weight is 480 g/mol. The molecule has 0 spiro atoms. The summed E-state index contributed by atoms with van der Waals surface area (Å²) in [6.45, 7) is 0.518. The van der Waals surface area contributed by atoms with Crippen LogP contribution < -0.4 is 10.2 Å². The minimum atomic E-state index is -0.754. The second-order valence-electron chi connectivity index (χ2n) is 9.41. The van der Waals surface area contributed by atoms with Crippen molar-refractivity contribution in [1.29, 1.82) is 0 Å². The van der Waals surface area contributed by atoms with Crippen LogP contribution in [0, 0.1) is 11.6 Å². The molecule has 0 unspecified atom stereocenters. The minimum absolute atomic E-state index is 0.0899. The van der Waals surface area contributed by atoms with E-state index < -0.39 is 17.2 Å². The van der Waals surface area contributed by atoms with Gasteiger partial charge in [-0.3, -0.25) is 4.79 Å². The third-order valence-corrected chi connectivity index (χ3v) is 6.93. The van der Waals surface area contributed by atoms with E-state index in [2.05, 4.69) is 31.8 Å². The topological polar surface area (TPSA) is 78.7 Å². The van der Waals surface area contributed by atoms with Crippen molar-refractivity contribution in [2.45, 2.75) is 43.7 Å². The lowest BCUT2D eigenvalue weighted by molar-refractivity contribution is -0.754. The summed E-state index contributed by atoms with van der Waals surface area (Å²) in [4.78, 5) is 22.3. The normalized spacial score (nSPS) is 20.5. The van der Waals surface area contributed by atoms with E-state index in [0.29, 0.717) is 36.7 Å². The van der Waals surface area contributed by atoms with Gasteiger partial charge in [0.05, 0.1) is 41.2 Å². The fraction of sp³-hybridized carbons (Fsp3) is 0.400. The number of fused-ring (bicyclic) bond motifs is 1. The molecule has 0 N–H and O–H groups in total. The Morgan fingerprint density at radius 1 is 1.17 bits per heavy atom. The molecule has 1 aliphatic carbocycles. The molecule has 4 heterocycles. The molecule has 10 heteroatoms. The lowest BCUT2D eigenvalue weighted by Gasteiger charge is -2.28. The van der Waals surface area contributed by atoms with Crippen molar-refractivity contribution >= 4 is 10.9 Å². The zero-order chi connectivity index (χ0) is 24.3. The zero-order valence-electron chi connectivity index (χ0n) is 19.5. The highest BCUT2D eigenvalue weighted by Gasteiger charge is 2.34. The van der Waals surface area contributed by atoms with E-state index in [1.807, 2.05) is 7.05 Å². The summed E-state index contributed by atoms with van der Waals surface area (Å²) >= 11 is 0. The molecule has 180 valence electrons. The maximum absolute atomic E-state index is 14.8. The molecule has 3 aromatic heterocycles. The van der Waals surface area contributed by atoms with Crippen molar-refractivity contribution in [2.75, 3.05) is 6.61 Å². The number of benzene rings is 1. The van der Waals surface area contributed by atoms with Crippen molar-refractivity contribution in [2.24, 2.45) is 14.1 Å². The van der Waals surface area contributed by atoms with Crippen LogP contribution in [0.4, 0.5) is 8.78 Å². The first-order chi connectivity index (χ1) is 16.9. The van der Waals surface area contributed by atoms with Crippen LogP contribution >= 0.6 is 0 Å². The molecule has 6 rings (SSSR count). The molecule has 4 aromatic rings. The number of aromatic nitrogens is 6. The van der Waals surface area contributed by atoms with Gasteiger partial charge in [0.1, 0.15) is 23.0 Å². The molecule has 1 saturated heterocycles. The standard InChI is InChI=1S/C25H25F2N6O2/c1-31-12-15(13-33(31)17-4-5-17)21-9-14(7-8-35-21)24-29-22(18-6-3-16(26)10-20(18)27)19-11-28-32(2)25(34)23(19)30-24/h3,6,10-14,17,21H,4-5,7-9H2,1-2H3/q+1/t14-,21+/m1/s1. The summed E-state index contributed by atoms with van der Waals surface area (Å²) in [5.74, 6) is -1.07. The van der Waals surface area contributed by atoms with Crippen molar-refractivity contribution in [3.63, 3.8) is 0 Å². The number of nitrogens with zero attached hydrogens (tertiary/aromatic N) is 6. The zero-order valence-corrected chi connectivity index (χ0v) is 19.5. The molecule has 0 radical (unpaired) electrons. The van der Waals surface area contributed by atoms with Gasteiger partial charge in [-0.2, -0.15) is 9.78 Å². The van der Waals surface area contributed by atoms with E-state index in [4.69, 9.17) is 9.72 Å². The lowest BCUT2D eigenvalue weighted by Crippen LogP contribution is -2.37. The molecule has 0 amide bonds. The Kier molecular flexibility index (Phi) is 5.21. The average Bonchev–Trinajstić information content (AvgIpc) is 3.62. The van der Waals surface area contributed by atoms with Crippen LogP contribution in [0.5, 0.6) is 0 Å². The van der Waals surface area contributed by atoms with Gasteiger partial charge in [0.15, 0.2) is 7.05 Å². The maximum atomic E-state index is 14.8. The van der Waals surface area contributed by atoms with Crippen molar-refractivity contribution in [3.8, 4) is 11.3 Å². The molecule has 2 atom stereocenters. The summed E-state index contributed by atoms with van der Waals surface area (Å²) in [5.41, 5.74) is 1.21. The number of hydrogen-bond acceptors (Lipinski definition) is 5. The summed E-state index contributed by atoms with van der Waals surface area (Å²) in [6.07, 6.45) is 9.24. The highest BCUT2D eigenvalue weighted by molar-refractivity contribution is 5.91. The fourth-order valence-electron chi connectivity index (χ4n) is 4.88. The van der Waals surface area contributed by atoms with Crippen molar-refractivity contribution < 1.29 is 18.2 Å². The van der Waals surface area contributed by atoms with Gasteiger partial charge in [0.25, 0.3) is 5.56 Å². The smallest absolute Gasteiger partial charge is 0.293 e. The monoisotopic (exact) mass is 479 g/mol. The van der Waals surface area contributed by atoms with Crippen LogP contribution in [0.2, 0.25) is 0 Å². The molecule has 35 heavy (non-hydrogen) atoms. The van der Waals surface area contributed by atoms with E-state index in [-0.39, 0.29) is 28.8 Å². The number of aryl methyl sites for hydroxylation is 2. The van der Waals surface area contributed by atoms with E-state index >= 15 is 0 Å². The SMILES string of the molecule is Cn1ncc2c(-c3ccc(F)cc3F)nc([C@@H]3CCO[C@H](c4cn(C5CC5)[n+](C)c4)C3)nc2c1=O. The third kappa shape index (κ3) is 3.91. The van der Waals surface area contributed by atoms with Crippen LogP contribution in [0.1, 0.15) is 55.1 Å². The van der Waals surface area contributed by atoms with Gasteiger partial charge in [-0.05, 0) is 37.8 Å². The maximum Gasteiger partial charge on any atom is 0.293 e. The minimum Gasteiger partial charge on any atom is -0.373 e. The second kappa shape index (κ2) is 8.30. The van der Waals surface area contributed by atoms with Gasteiger partial charge in [-0.1, -0.05) is 0 Å². The van der Waals surface area contributed by atoms with Crippen molar-refractivity contribution in [1.82, 2.24) is 24.4 Å². The van der Waals surface area contributed by atoms with Crippen molar-refractivity contribution in [3.05, 3.63) is 70.2 Å². The van der Waals surface area contributed by atoms with Gasteiger partial charge in [0.2, 0.25) is 6.20 Å². The quantitative estimate of drug-likeness (QED) is 0.420. The first-order valence-corrected chi connectivity index (χ1v) is 11.8. The van der Waals surface area contributed by atoms with E-state index in [9.17, 15) is 13.6 Å². The Balaban J connectivity index is 1.43. The molecule has 1 aromatic carbocycles. The molecular formula is C25H25F2N6O2+. The third-order valence-electron chi connectivity index (χ3n) is 6.93. The van der Waals surface area contributed by atoms with Gasteiger partial charge >= 0.3 is 0 Å². The first kappa shape index (κ1) is 22.0. The van der Waals surface area contributed by atoms with Gasteiger partial charge in [0, 0.05) is 31.2 Å². The highest BCUT2D eigenvalue weighted by Crippen LogP contribution is 2.39. The highest BCUT2D eigenvalue weighted by atomic mass is 19.1. The van der Waals surface area contributed by atoms with E-state index in [0.717, 1.165) is 11.6 Å². The summed E-state index contributed by atoms with van der Waals surface area (Å²) < 4.78 is 40.0. The fourth-order valence-corrected chi connectivity index (χ4v) is 4.88. The molecule has 2 aliphatic rings. The van der Waals surface area contributed by atoms with Crippen LogP contribution in [0.25, 0.3) is 22.2 Å². The van der Waals surface area contributed by atoms with Gasteiger partial charge in [-0.15, -0.1) is 4.68 Å². The Labute approximate surface area is 199 Å². The largest absolute Gasteiger partial charge is 0.373 e. The first-order valence-electron chi connectivity index (χ1n) is 11.8. The molecule has 8 nitrogen and oxygen atoms in total. The van der Waals surface area contributed by atoms with E-state index in [1.54, 1.807) is 0 Å². The molecule has 1 saturated carbocycles. The van der Waals surface area contributed by atoms with E-state index in [1.165, 1.54) is 42.9 Å². The number of halogens is 2. The predicted octanol–water partition coefficient (Wildman–Crippen LogP) is 3.26. The van der Waals surface area contributed by atoms with Gasteiger partial charge in [-0.25, -0.2) is 23.4 Å². The summed E-state index contributed by atoms with van der Waals surface area (Å²) in [5, 5.41) is 4.40.